The summed E-state index contributed by atoms with van der Waals surface area (Å²) in [6.45, 7) is 0. The number of hydrogen-bond acceptors (Lipinski definition) is 4. The summed E-state index contributed by atoms with van der Waals surface area (Å²) < 4.78 is 6.51. The van der Waals surface area contributed by atoms with Gasteiger partial charge in [-0.3, -0.25) is 9.59 Å². The van der Waals surface area contributed by atoms with E-state index in [-0.39, 0.29) is 5.56 Å². The molecule has 0 radical (unpaired) electrons. The minimum absolute atomic E-state index is 0.0189. The molecular weight excluding hydrogens is 426 g/mol. The van der Waals surface area contributed by atoms with Gasteiger partial charge in [0, 0.05) is 23.2 Å². The first-order valence-corrected chi connectivity index (χ1v) is 10.2. The van der Waals surface area contributed by atoms with Crippen LogP contribution >= 0.6 is 11.6 Å². The Morgan fingerprint density at radius 1 is 0.969 bits per heavy atom. The molecule has 0 spiro atoms. The molecule has 4 aromatic rings. The van der Waals surface area contributed by atoms with Crippen LogP contribution in [-0.2, 0) is 7.05 Å². The molecule has 0 bridgehead atoms. The van der Waals surface area contributed by atoms with Crippen LogP contribution in [0.25, 0.3) is 22.4 Å². The Hall–Kier alpha value is -3.90. The summed E-state index contributed by atoms with van der Waals surface area (Å²) in [5.74, 6) is -0.150. The smallest absolute Gasteiger partial charge is 0.280 e. The third kappa shape index (κ3) is 4.13. The average molecular weight is 446 g/mol. The highest BCUT2D eigenvalue weighted by Crippen LogP contribution is 2.33. The fourth-order valence-corrected chi connectivity index (χ4v) is 3.66. The summed E-state index contributed by atoms with van der Waals surface area (Å²) in [4.78, 5) is 26.7. The van der Waals surface area contributed by atoms with Gasteiger partial charge < -0.3 is 10.1 Å². The number of amides is 1. The van der Waals surface area contributed by atoms with Crippen molar-refractivity contribution in [1.82, 2.24) is 9.78 Å². The van der Waals surface area contributed by atoms with Crippen molar-refractivity contribution >= 4 is 23.2 Å². The van der Waals surface area contributed by atoms with Gasteiger partial charge in [0.25, 0.3) is 11.5 Å². The van der Waals surface area contributed by atoms with E-state index >= 15 is 0 Å². The minimum atomic E-state index is -0.579. The average Bonchev–Trinajstić information content (AvgIpc) is 2.81. The van der Waals surface area contributed by atoms with E-state index in [0.29, 0.717) is 33.3 Å². The third-order valence-electron chi connectivity index (χ3n) is 4.99. The number of ether oxygens (including phenoxy) is 1. The highest BCUT2D eigenvalue weighted by atomic mass is 35.5. The molecule has 32 heavy (non-hydrogen) atoms. The monoisotopic (exact) mass is 445 g/mol. The normalized spacial score (nSPS) is 10.6. The number of rotatable bonds is 5. The van der Waals surface area contributed by atoms with E-state index in [9.17, 15) is 9.59 Å². The van der Waals surface area contributed by atoms with Crippen LogP contribution in [0.4, 0.5) is 5.69 Å². The van der Waals surface area contributed by atoms with Crippen LogP contribution in [0.15, 0.2) is 83.7 Å². The quantitative estimate of drug-likeness (QED) is 0.467. The van der Waals surface area contributed by atoms with Crippen LogP contribution in [0.3, 0.4) is 0 Å². The number of hydrogen-bond donors (Lipinski definition) is 1. The van der Waals surface area contributed by atoms with E-state index in [1.165, 1.54) is 18.8 Å². The topological polar surface area (TPSA) is 73.2 Å². The molecule has 1 amide bonds. The highest BCUT2D eigenvalue weighted by Gasteiger charge is 2.25. The Labute approximate surface area is 190 Å². The molecule has 0 fully saturated rings. The van der Waals surface area contributed by atoms with Gasteiger partial charge >= 0.3 is 0 Å². The first-order valence-electron chi connectivity index (χ1n) is 9.86. The fraction of sp³-hybridized carbons (Fsp3) is 0.0800. The molecule has 160 valence electrons. The molecule has 0 aliphatic rings. The molecule has 1 N–H and O–H groups in total. The maximum absolute atomic E-state index is 13.5. The standard InChI is InChI=1S/C25H20ClN3O3/c1-29-25(31)22(24(30)27-19-15-18(26)13-14-20(19)32-2)21(16-9-5-3-6-10-16)23(28-29)17-11-7-4-8-12-17/h3-15H,1-2H3,(H,27,30). The predicted octanol–water partition coefficient (Wildman–Crippen LogP) is 5.03. The number of nitrogens with zero attached hydrogens (tertiary/aromatic N) is 2. The van der Waals surface area contributed by atoms with Gasteiger partial charge in [0.15, 0.2) is 0 Å². The van der Waals surface area contributed by atoms with E-state index < -0.39 is 11.5 Å². The summed E-state index contributed by atoms with van der Waals surface area (Å²) in [5, 5.41) is 7.71. The summed E-state index contributed by atoms with van der Waals surface area (Å²) in [5.41, 5.74) is 2.32. The van der Waals surface area contributed by atoms with Crippen molar-refractivity contribution in [2.24, 2.45) is 7.05 Å². The van der Waals surface area contributed by atoms with Gasteiger partial charge in [-0.05, 0) is 23.8 Å². The van der Waals surface area contributed by atoms with Crippen molar-refractivity contribution in [3.63, 3.8) is 0 Å². The molecule has 0 aliphatic carbocycles. The van der Waals surface area contributed by atoms with Gasteiger partial charge in [-0.1, -0.05) is 72.3 Å². The van der Waals surface area contributed by atoms with Crippen molar-refractivity contribution in [2.75, 3.05) is 12.4 Å². The van der Waals surface area contributed by atoms with E-state index in [2.05, 4.69) is 10.4 Å². The van der Waals surface area contributed by atoms with Gasteiger partial charge in [-0.25, -0.2) is 4.68 Å². The van der Waals surface area contributed by atoms with E-state index in [0.717, 1.165) is 5.56 Å². The van der Waals surface area contributed by atoms with Crippen LogP contribution in [0.1, 0.15) is 10.4 Å². The Bertz CT molecular complexity index is 1340. The molecule has 0 atom stereocenters. The van der Waals surface area contributed by atoms with Gasteiger partial charge in [-0.2, -0.15) is 5.10 Å². The van der Waals surface area contributed by atoms with E-state index in [1.807, 2.05) is 60.7 Å². The zero-order chi connectivity index (χ0) is 22.7. The Morgan fingerprint density at radius 3 is 2.22 bits per heavy atom. The van der Waals surface area contributed by atoms with Gasteiger partial charge in [0.2, 0.25) is 0 Å². The number of carbonyl (C=O) groups excluding carboxylic acids is 1. The summed E-state index contributed by atoms with van der Waals surface area (Å²) >= 11 is 6.11. The first-order chi connectivity index (χ1) is 15.5. The zero-order valence-corrected chi connectivity index (χ0v) is 18.3. The lowest BCUT2D eigenvalue weighted by atomic mass is 9.95. The second-order valence-corrected chi connectivity index (χ2v) is 7.49. The number of aromatic nitrogens is 2. The Morgan fingerprint density at radius 2 is 1.59 bits per heavy atom. The number of carbonyl (C=O) groups is 1. The van der Waals surface area contributed by atoms with Crippen molar-refractivity contribution in [3.05, 3.63) is 99.8 Å². The Balaban J connectivity index is 1.96. The number of halogens is 1. The summed E-state index contributed by atoms with van der Waals surface area (Å²) in [7, 11) is 3.02. The molecule has 1 heterocycles. The molecule has 4 rings (SSSR count). The summed E-state index contributed by atoms with van der Waals surface area (Å²) in [6, 6.07) is 23.6. The van der Waals surface area contributed by atoms with Crippen molar-refractivity contribution in [2.45, 2.75) is 0 Å². The number of methoxy groups -OCH3 is 1. The fourth-order valence-electron chi connectivity index (χ4n) is 3.49. The van der Waals surface area contributed by atoms with Crippen LogP contribution in [0.2, 0.25) is 5.02 Å². The van der Waals surface area contributed by atoms with Crippen LogP contribution < -0.4 is 15.6 Å². The molecular formula is C25H20ClN3O3. The Kier molecular flexibility index (Phi) is 6.05. The molecule has 0 saturated carbocycles. The number of benzene rings is 3. The minimum Gasteiger partial charge on any atom is -0.495 e. The lowest BCUT2D eigenvalue weighted by Gasteiger charge is -2.16. The van der Waals surface area contributed by atoms with Gasteiger partial charge in [-0.15, -0.1) is 0 Å². The van der Waals surface area contributed by atoms with E-state index in [1.54, 1.807) is 18.2 Å². The maximum atomic E-state index is 13.5. The molecule has 6 nitrogen and oxygen atoms in total. The zero-order valence-electron chi connectivity index (χ0n) is 17.5. The second kappa shape index (κ2) is 9.08. The van der Waals surface area contributed by atoms with Crippen LogP contribution in [0, 0.1) is 0 Å². The molecule has 7 heteroatoms. The van der Waals surface area contributed by atoms with E-state index in [4.69, 9.17) is 16.3 Å². The van der Waals surface area contributed by atoms with Crippen molar-refractivity contribution in [3.8, 4) is 28.1 Å². The highest BCUT2D eigenvalue weighted by molar-refractivity contribution is 6.31. The molecule has 0 unspecified atom stereocenters. The largest absolute Gasteiger partial charge is 0.495 e. The van der Waals surface area contributed by atoms with Crippen molar-refractivity contribution in [1.29, 1.82) is 0 Å². The van der Waals surface area contributed by atoms with Crippen LogP contribution in [-0.4, -0.2) is 22.8 Å². The van der Waals surface area contributed by atoms with Gasteiger partial charge in [0.05, 0.1) is 18.5 Å². The lowest BCUT2D eigenvalue weighted by Crippen LogP contribution is -2.31. The molecule has 0 saturated heterocycles. The number of nitrogens with one attached hydrogen (secondary N) is 1. The molecule has 1 aromatic heterocycles. The SMILES string of the molecule is COc1ccc(Cl)cc1NC(=O)c1c(-c2ccccc2)c(-c2ccccc2)nn(C)c1=O. The number of anilines is 1. The first kappa shape index (κ1) is 21.3. The third-order valence-corrected chi connectivity index (χ3v) is 5.23. The number of aryl methyl sites for hydroxylation is 1. The maximum Gasteiger partial charge on any atom is 0.280 e. The molecule has 3 aromatic carbocycles. The van der Waals surface area contributed by atoms with Crippen molar-refractivity contribution < 1.29 is 9.53 Å². The van der Waals surface area contributed by atoms with Gasteiger partial charge in [0.1, 0.15) is 11.3 Å². The summed E-state index contributed by atoms with van der Waals surface area (Å²) in [6.07, 6.45) is 0. The molecule has 0 aliphatic heterocycles. The second-order valence-electron chi connectivity index (χ2n) is 7.06. The lowest BCUT2D eigenvalue weighted by molar-refractivity contribution is 0.102. The van der Waals surface area contributed by atoms with Crippen LogP contribution in [0.5, 0.6) is 5.75 Å². The predicted molar refractivity (Wildman–Crippen MR) is 126 cm³/mol.